The van der Waals surface area contributed by atoms with E-state index in [0.29, 0.717) is 11.1 Å². The van der Waals surface area contributed by atoms with E-state index in [-0.39, 0.29) is 0 Å². The molecule has 0 radical (unpaired) electrons. The maximum absolute atomic E-state index is 6.23. The summed E-state index contributed by atoms with van der Waals surface area (Å²) in [5, 5.41) is 0.517. The second-order valence-electron chi connectivity index (χ2n) is 5.71. The normalized spacial score (nSPS) is 18.3. The van der Waals surface area contributed by atoms with Gasteiger partial charge in [0, 0.05) is 11.5 Å². The predicted molar refractivity (Wildman–Crippen MR) is 84.1 cm³/mol. The zero-order valence-corrected chi connectivity index (χ0v) is 13.3. The molecule has 0 saturated heterocycles. The molecular weight excluding hydrogens is 336 g/mol. The molecule has 102 valence electrons. The van der Waals surface area contributed by atoms with Crippen LogP contribution in [-0.2, 0) is 0 Å². The van der Waals surface area contributed by atoms with Crippen LogP contribution in [0, 0.1) is 0 Å². The lowest BCUT2D eigenvalue weighted by molar-refractivity contribution is 0.979. The molecular formula is C16H14BrClN2. The van der Waals surface area contributed by atoms with E-state index in [2.05, 4.69) is 45.2 Å². The fourth-order valence-electron chi connectivity index (χ4n) is 2.51. The van der Waals surface area contributed by atoms with Gasteiger partial charge in [-0.15, -0.1) is 0 Å². The minimum atomic E-state index is 0.517. The summed E-state index contributed by atoms with van der Waals surface area (Å²) in [4.78, 5) is 9.12. The van der Waals surface area contributed by atoms with E-state index in [1.165, 1.54) is 31.2 Å². The van der Waals surface area contributed by atoms with Gasteiger partial charge < -0.3 is 0 Å². The van der Waals surface area contributed by atoms with Crippen LogP contribution in [0.5, 0.6) is 0 Å². The molecule has 1 heterocycles. The highest BCUT2D eigenvalue weighted by atomic mass is 79.9. The van der Waals surface area contributed by atoms with E-state index >= 15 is 0 Å². The molecule has 4 rings (SSSR count). The first kappa shape index (κ1) is 12.8. The van der Waals surface area contributed by atoms with Gasteiger partial charge in [0.05, 0.1) is 10.2 Å². The van der Waals surface area contributed by atoms with Crippen LogP contribution in [0.1, 0.15) is 48.8 Å². The highest BCUT2D eigenvalue weighted by molar-refractivity contribution is 9.10. The number of rotatable bonds is 3. The van der Waals surface area contributed by atoms with Crippen LogP contribution in [0.3, 0.4) is 0 Å². The second-order valence-corrected chi connectivity index (χ2v) is 6.86. The smallest absolute Gasteiger partial charge is 0.161 e. The maximum Gasteiger partial charge on any atom is 0.161 e. The lowest BCUT2D eigenvalue weighted by Gasteiger charge is -2.08. The third-order valence-corrected chi connectivity index (χ3v) is 5.30. The molecule has 0 spiro atoms. The van der Waals surface area contributed by atoms with Crippen molar-refractivity contribution in [3.05, 3.63) is 45.1 Å². The van der Waals surface area contributed by atoms with Crippen LogP contribution in [0.25, 0.3) is 11.4 Å². The number of benzene rings is 1. The zero-order valence-electron chi connectivity index (χ0n) is 10.9. The maximum atomic E-state index is 6.23. The Labute approximate surface area is 131 Å². The first-order chi connectivity index (χ1) is 9.72. The Bertz CT molecular complexity index is 661. The van der Waals surface area contributed by atoms with Crippen molar-refractivity contribution in [1.82, 2.24) is 9.97 Å². The van der Waals surface area contributed by atoms with Gasteiger partial charge in [0.25, 0.3) is 0 Å². The first-order valence-corrected chi connectivity index (χ1v) is 8.23. The van der Waals surface area contributed by atoms with Crippen molar-refractivity contribution >= 4 is 27.5 Å². The van der Waals surface area contributed by atoms with Gasteiger partial charge in [-0.3, -0.25) is 0 Å². The molecule has 2 fully saturated rings. The number of halogens is 2. The van der Waals surface area contributed by atoms with E-state index in [1.54, 1.807) is 0 Å². The van der Waals surface area contributed by atoms with Crippen molar-refractivity contribution in [2.45, 2.75) is 37.5 Å². The number of aromatic nitrogens is 2. The monoisotopic (exact) mass is 348 g/mol. The fourth-order valence-corrected chi connectivity index (χ4v) is 3.19. The largest absolute Gasteiger partial charge is 0.231 e. The van der Waals surface area contributed by atoms with E-state index < -0.39 is 0 Å². The van der Waals surface area contributed by atoms with Crippen molar-refractivity contribution in [2.24, 2.45) is 0 Å². The van der Waals surface area contributed by atoms with Gasteiger partial charge in [-0.25, -0.2) is 9.97 Å². The Hall–Kier alpha value is -0.930. The average Bonchev–Trinajstić information content (AvgIpc) is 3.34. The molecule has 2 nitrogen and oxygen atoms in total. The fraction of sp³-hybridized carbons (Fsp3) is 0.375. The summed E-state index contributed by atoms with van der Waals surface area (Å²) in [5.74, 6) is 2.07. The minimum absolute atomic E-state index is 0.517. The summed E-state index contributed by atoms with van der Waals surface area (Å²) >= 11 is 9.74. The molecule has 0 atom stereocenters. The lowest BCUT2D eigenvalue weighted by atomic mass is 10.1. The highest BCUT2D eigenvalue weighted by Gasteiger charge is 2.29. The molecule has 2 saturated carbocycles. The van der Waals surface area contributed by atoms with Crippen LogP contribution < -0.4 is 0 Å². The van der Waals surface area contributed by atoms with Crippen LogP contribution in [0.4, 0.5) is 0 Å². The molecule has 1 aromatic carbocycles. The topological polar surface area (TPSA) is 25.8 Å². The molecule has 4 heteroatoms. The highest BCUT2D eigenvalue weighted by Crippen LogP contribution is 2.44. The molecule has 0 N–H and O–H groups in total. The average molecular weight is 350 g/mol. The Morgan fingerprint density at radius 1 is 0.950 bits per heavy atom. The van der Waals surface area contributed by atoms with Gasteiger partial charge in [-0.1, -0.05) is 35.9 Å². The summed E-state index contributed by atoms with van der Waals surface area (Å²) in [6, 6.07) is 8.63. The molecule has 2 aliphatic rings. The number of hydrogen-bond acceptors (Lipinski definition) is 2. The first-order valence-electron chi connectivity index (χ1n) is 7.05. The Morgan fingerprint density at radius 3 is 2.20 bits per heavy atom. The van der Waals surface area contributed by atoms with Crippen molar-refractivity contribution in [3.63, 3.8) is 0 Å². The molecule has 0 bridgehead atoms. The third-order valence-electron chi connectivity index (χ3n) is 4.02. The second kappa shape index (κ2) is 4.81. The molecule has 2 aromatic rings. The lowest BCUT2D eigenvalue weighted by Crippen LogP contribution is -1.97. The van der Waals surface area contributed by atoms with Crippen molar-refractivity contribution in [3.8, 4) is 11.4 Å². The SMILES string of the molecule is Clc1nc(-c2ccc(C3CC3)cc2)nc(C2CC2)c1Br. The number of nitrogens with zero attached hydrogens (tertiary/aromatic N) is 2. The quantitative estimate of drug-likeness (QED) is 0.701. The summed E-state index contributed by atoms with van der Waals surface area (Å²) in [7, 11) is 0. The summed E-state index contributed by atoms with van der Waals surface area (Å²) < 4.78 is 0.861. The molecule has 20 heavy (non-hydrogen) atoms. The summed E-state index contributed by atoms with van der Waals surface area (Å²) in [6.07, 6.45) is 5.05. The van der Waals surface area contributed by atoms with Crippen LogP contribution in [0.2, 0.25) is 5.15 Å². The van der Waals surface area contributed by atoms with Crippen LogP contribution in [-0.4, -0.2) is 9.97 Å². The van der Waals surface area contributed by atoms with Gasteiger partial charge in [0.1, 0.15) is 5.15 Å². The van der Waals surface area contributed by atoms with Crippen LogP contribution in [0.15, 0.2) is 28.7 Å². The van der Waals surface area contributed by atoms with Gasteiger partial charge in [0.2, 0.25) is 0 Å². The minimum Gasteiger partial charge on any atom is -0.231 e. The molecule has 0 amide bonds. The number of hydrogen-bond donors (Lipinski definition) is 0. The Kier molecular flexibility index (Phi) is 3.08. The van der Waals surface area contributed by atoms with Gasteiger partial charge in [-0.05, 0) is 53.1 Å². The van der Waals surface area contributed by atoms with Gasteiger partial charge >= 0.3 is 0 Å². The van der Waals surface area contributed by atoms with E-state index in [4.69, 9.17) is 16.6 Å². The molecule has 0 unspecified atom stereocenters. The zero-order chi connectivity index (χ0) is 13.7. The Morgan fingerprint density at radius 2 is 1.60 bits per heavy atom. The van der Waals surface area contributed by atoms with Crippen LogP contribution >= 0.6 is 27.5 Å². The predicted octanol–water partition coefficient (Wildman–Crippen LogP) is 5.31. The Balaban J connectivity index is 1.73. The summed E-state index contributed by atoms with van der Waals surface area (Å²) in [5.41, 5.74) is 3.54. The summed E-state index contributed by atoms with van der Waals surface area (Å²) in [6.45, 7) is 0. The van der Waals surface area contributed by atoms with E-state index in [1.807, 2.05) is 0 Å². The van der Waals surface area contributed by atoms with E-state index in [9.17, 15) is 0 Å². The van der Waals surface area contributed by atoms with Crippen molar-refractivity contribution < 1.29 is 0 Å². The van der Waals surface area contributed by atoms with Crippen molar-refractivity contribution in [2.75, 3.05) is 0 Å². The molecule has 1 aromatic heterocycles. The van der Waals surface area contributed by atoms with E-state index in [0.717, 1.165) is 27.5 Å². The standard InChI is InChI=1S/C16H14BrClN2/c17-13-14(11-5-6-11)19-16(20-15(13)18)12-7-3-10(4-8-12)9-1-2-9/h3-4,7-9,11H,1-2,5-6H2. The molecule has 2 aliphatic carbocycles. The van der Waals surface area contributed by atoms with Gasteiger partial charge in [-0.2, -0.15) is 0 Å². The third kappa shape index (κ3) is 2.38. The molecule has 0 aliphatic heterocycles. The van der Waals surface area contributed by atoms with Crippen molar-refractivity contribution in [1.29, 1.82) is 0 Å². The van der Waals surface area contributed by atoms with Gasteiger partial charge in [0.15, 0.2) is 5.82 Å².